The third-order valence-corrected chi connectivity index (χ3v) is 3.64. The highest BCUT2D eigenvalue weighted by atomic mass is 127. The molecule has 0 fully saturated rings. The molecule has 0 saturated heterocycles. The van der Waals surface area contributed by atoms with Crippen LogP contribution in [0.4, 0.5) is 0 Å². The Bertz CT molecular complexity index is 398. The highest BCUT2D eigenvalue weighted by molar-refractivity contribution is 14.0. The SMILES string of the molecule is CCOCCCN=C(N)NCCSc1ccc(C)cc1.I. The van der Waals surface area contributed by atoms with Gasteiger partial charge in [-0.25, -0.2) is 0 Å². The highest BCUT2D eigenvalue weighted by Crippen LogP contribution is 2.17. The average molecular weight is 423 g/mol. The van der Waals surface area contributed by atoms with Crippen molar-refractivity contribution in [2.45, 2.75) is 25.2 Å². The Morgan fingerprint density at radius 3 is 2.71 bits per heavy atom. The summed E-state index contributed by atoms with van der Waals surface area (Å²) in [5.41, 5.74) is 7.06. The van der Waals surface area contributed by atoms with Crippen molar-refractivity contribution in [3.63, 3.8) is 0 Å². The van der Waals surface area contributed by atoms with Gasteiger partial charge in [-0.3, -0.25) is 4.99 Å². The van der Waals surface area contributed by atoms with Crippen LogP contribution in [0.2, 0.25) is 0 Å². The van der Waals surface area contributed by atoms with Crippen LogP contribution in [-0.4, -0.2) is 38.0 Å². The van der Waals surface area contributed by atoms with Crippen LogP contribution in [0, 0.1) is 6.92 Å². The van der Waals surface area contributed by atoms with Gasteiger partial charge in [-0.1, -0.05) is 17.7 Å². The summed E-state index contributed by atoms with van der Waals surface area (Å²) in [5.74, 6) is 1.49. The molecule has 0 aliphatic heterocycles. The molecule has 21 heavy (non-hydrogen) atoms. The monoisotopic (exact) mass is 423 g/mol. The molecule has 0 aromatic heterocycles. The Morgan fingerprint density at radius 2 is 2.05 bits per heavy atom. The lowest BCUT2D eigenvalue weighted by molar-refractivity contribution is 0.146. The molecule has 0 bridgehead atoms. The fraction of sp³-hybridized carbons (Fsp3) is 0.533. The summed E-state index contributed by atoms with van der Waals surface area (Å²) < 4.78 is 5.24. The van der Waals surface area contributed by atoms with E-state index >= 15 is 0 Å². The van der Waals surface area contributed by atoms with Crippen molar-refractivity contribution in [1.82, 2.24) is 5.32 Å². The summed E-state index contributed by atoms with van der Waals surface area (Å²) >= 11 is 1.81. The van der Waals surface area contributed by atoms with Gasteiger partial charge >= 0.3 is 0 Å². The molecule has 0 atom stereocenters. The van der Waals surface area contributed by atoms with Crippen LogP contribution in [0.25, 0.3) is 0 Å². The maximum Gasteiger partial charge on any atom is 0.188 e. The highest BCUT2D eigenvalue weighted by Gasteiger charge is 1.95. The van der Waals surface area contributed by atoms with Crippen molar-refractivity contribution in [2.75, 3.05) is 32.1 Å². The van der Waals surface area contributed by atoms with E-state index in [-0.39, 0.29) is 24.0 Å². The molecule has 0 amide bonds. The van der Waals surface area contributed by atoms with Crippen LogP contribution in [0.15, 0.2) is 34.2 Å². The van der Waals surface area contributed by atoms with E-state index in [4.69, 9.17) is 10.5 Å². The number of aryl methyl sites for hydroxylation is 1. The molecule has 0 spiro atoms. The second-order valence-electron chi connectivity index (χ2n) is 4.41. The number of hydrogen-bond donors (Lipinski definition) is 2. The number of ether oxygens (including phenoxy) is 1. The Hall–Kier alpha value is -0.470. The van der Waals surface area contributed by atoms with E-state index < -0.39 is 0 Å². The smallest absolute Gasteiger partial charge is 0.188 e. The lowest BCUT2D eigenvalue weighted by atomic mass is 10.2. The minimum Gasteiger partial charge on any atom is -0.382 e. The lowest BCUT2D eigenvalue weighted by Crippen LogP contribution is -2.33. The zero-order chi connectivity index (χ0) is 14.6. The Morgan fingerprint density at radius 1 is 1.33 bits per heavy atom. The zero-order valence-electron chi connectivity index (χ0n) is 12.8. The van der Waals surface area contributed by atoms with Crippen LogP contribution >= 0.6 is 35.7 Å². The first-order valence-corrected chi connectivity index (χ1v) is 8.02. The van der Waals surface area contributed by atoms with E-state index in [0.717, 1.165) is 31.9 Å². The third-order valence-electron chi connectivity index (χ3n) is 2.63. The molecular weight excluding hydrogens is 397 g/mol. The molecule has 1 rings (SSSR count). The van der Waals surface area contributed by atoms with E-state index in [1.807, 2.05) is 18.7 Å². The maximum absolute atomic E-state index is 5.78. The largest absolute Gasteiger partial charge is 0.382 e. The van der Waals surface area contributed by atoms with E-state index in [0.29, 0.717) is 12.5 Å². The van der Waals surface area contributed by atoms with Crippen LogP contribution in [-0.2, 0) is 4.74 Å². The van der Waals surface area contributed by atoms with E-state index in [2.05, 4.69) is 41.5 Å². The molecule has 0 aliphatic carbocycles. The van der Waals surface area contributed by atoms with E-state index in [1.54, 1.807) is 0 Å². The lowest BCUT2D eigenvalue weighted by Gasteiger charge is -2.06. The second-order valence-corrected chi connectivity index (χ2v) is 5.57. The normalized spacial score (nSPS) is 11.0. The minimum absolute atomic E-state index is 0. The van der Waals surface area contributed by atoms with Crippen molar-refractivity contribution in [3.8, 4) is 0 Å². The molecule has 4 nitrogen and oxygen atoms in total. The molecule has 1 aromatic rings. The van der Waals surface area contributed by atoms with Gasteiger partial charge in [0.1, 0.15) is 0 Å². The number of nitrogens with one attached hydrogen (secondary N) is 1. The predicted octanol–water partition coefficient (Wildman–Crippen LogP) is 3.04. The Kier molecular flexibility index (Phi) is 12.9. The first-order valence-electron chi connectivity index (χ1n) is 7.03. The Balaban J connectivity index is 0.00000400. The topological polar surface area (TPSA) is 59.6 Å². The van der Waals surface area contributed by atoms with Crippen LogP contribution < -0.4 is 11.1 Å². The first-order chi connectivity index (χ1) is 9.72. The molecule has 0 aliphatic rings. The standard InChI is InChI=1S/C15H25N3OS.HI/c1-3-19-11-4-9-17-15(16)18-10-12-20-14-7-5-13(2)6-8-14;/h5-8H,3-4,9-12H2,1-2H3,(H3,16,17,18);1H. The van der Waals surface area contributed by atoms with Gasteiger partial charge in [0.2, 0.25) is 0 Å². The van der Waals surface area contributed by atoms with Gasteiger partial charge in [-0.2, -0.15) is 0 Å². The number of nitrogens with two attached hydrogens (primary N) is 1. The molecule has 3 N–H and O–H groups in total. The number of rotatable bonds is 9. The van der Waals surface area contributed by atoms with Gasteiger partial charge in [0, 0.05) is 37.0 Å². The molecule has 0 heterocycles. The molecular formula is C15H26IN3OS. The van der Waals surface area contributed by atoms with Crippen molar-refractivity contribution >= 4 is 41.7 Å². The Labute approximate surface area is 149 Å². The van der Waals surface area contributed by atoms with Gasteiger partial charge in [0.25, 0.3) is 0 Å². The van der Waals surface area contributed by atoms with E-state index in [9.17, 15) is 0 Å². The zero-order valence-corrected chi connectivity index (χ0v) is 15.9. The first kappa shape index (κ1) is 20.5. The van der Waals surface area contributed by atoms with Gasteiger partial charge < -0.3 is 15.8 Å². The maximum atomic E-state index is 5.78. The van der Waals surface area contributed by atoms with Crippen LogP contribution in [0.5, 0.6) is 0 Å². The molecule has 1 aromatic carbocycles. The molecule has 120 valence electrons. The summed E-state index contributed by atoms with van der Waals surface area (Å²) in [7, 11) is 0. The number of halogens is 1. The fourth-order valence-electron chi connectivity index (χ4n) is 1.55. The van der Waals surface area contributed by atoms with Gasteiger partial charge in [-0.15, -0.1) is 35.7 Å². The molecule has 0 unspecified atom stereocenters. The number of nitrogens with zero attached hydrogens (tertiary/aromatic N) is 1. The number of hydrogen-bond acceptors (Lipinski definition) is 3. The minimum atomic E-state index is 0. The van der Waals surface area contributed by atoms with Crippen molar-refractivity contribution < 1.29 is 4.74 Å². The summed E-state index contributed by atoms with van der Waals surface area (Å²) in [6, 6.07) is 8.55. The van der Waals surface area contributed by atoms with Crippen molar-refractivity contribution in [2.24, 2.45) is 10.7 Å². The van der Waals surface area contributed by atoms with Crippen molar-refractivity contribution in [3.05, 3.63) is 29.8 Å². The predicted molar refractivity (Wildman–Crippen MR) is 103 cm³/mol. The molecule has 0 radical (unpaired) electrons. The third kappa shape index (κ3) is 10.8. The number of aliphatic imine (C=N–C) groups is 1. The summed E-state index contributed by atoms with van der Waals surface area (Å²) in [4.78, 5) is 5.53. The quantitative estimate of drug-likeness (QED) is 0.211. The van der Waals surface area contributed by atoms with Gasteiger partial charge in [0.15, 0.2) is 5.96 Å². The van der Waals surface area contributed by atoms with Crippen molar-refractivity contribution in [1.29, 1.82) is 0 Å². The van der Waals surface area contributed by atoms with Gasteiger partial charge in [-0.05, 0) is 32.4 Å². The van der Waals surface area contributed by atoms with Gasteiger partial charge in [0.05, 0.1) is 0 Å². The second kappa shape index (κ2) is 13.2. The number of benzene rings is 1. The van der Waals surface area contributed by atoms with Crippen LogP contribution in [0.1, 0.15) is 18.9 Å². The molecule has 6 heteroatoms. The van der Waals surface area contributed by atoms with Crippen LogP contribution in [0.3, 0.4) is 0 Å². The van der Waals surface area contributed by atoms with E-state index in [1.165, 1.54) is 10.5 Å². The summed E-state index contributed by atoms with van der Waals surface area (Å²) in [5, 5.41) is 3.12. The fourth-order valence-corrected chi connectivity index (χ4v) is 2.32. The summed E-state index contributed by atoms with van der Waals surface area (Å²) in [6.45, 7) is 7.12. The molecule has 0 saturated carbocycles. The average Bonchev–Trinajstić information content (AvgIpc) is 2.45. The number of thioether (sulfide) groups is 1. The number of guanidine groups is 1. The summed E-state index contributed by atoms with van der Waals surface area (Å²) in [6.07, 6.45) is 0.911.